The molecule has 0 aliphatic carbocycles. The van der Waals surface area contributed by atoms with Crippen molar-refractivity contribution in [3.63, 3.8) is 0 Å². The molecule has 2 rings (SSSR count). The van der Waals surface area contributed by atoms with Crippen LogP contribution in [0.4, 0.5) is 4.79 Å². The molecule has 0 bridgehead atoms. The monoisotopic (exact) mass is 442 g/mol. The summed E-state index contributed by atoms with van der Waals surface area (Å²) in [7, 11) is 1.52. The van der Waals surface area contributed by atoms with Crippen LogP contribution >= 0.6 is 0 Å². The second-order valence-electron chi connectivity index (χ2n) is 7.84. The van der Waals surface area contributed by atoms with Gasteiger partial charge in [0.15, 0.2) is 0 Å². The zero-order valence-electron chi connectivity index (χ0n) is 18.5. The summed E-state index contributed by atoms with van der Waals surface area (Å²) in [6, 6.07) is 14.1. The summed E-state index contributed by atoms with van der Waals surface area (Å²) in [4.78, 5) is 36.9. The number of hydrogen-bond donors (Lipinski definition) is 3. The number of aliphatic carboxylic acids is 1. The molecule has 0 heterocycles. The third kappa shape index (κ3) is 8.29. The molecule has 0 aromatic heterocycles. The van der Waals surface area contributed by atoms with Crippen LogP contribution in [-0.4, -0.2) is 42.3 Å². The quantitative estimate of drug-likeness (QED) is 0.493. The molecular formula is C24H30N2O6. The van der Waals surface area contributed by atoms with E-state index in [0.717, 1.165) is 5.56 Å². The molecule has 0 spiro atoms. The van der Waals surface area contributed by atoms with Crippen molar-refractivity contribution in [2.45, 2.75) is 45.4 Å². The first-order valence-corrected chi connectivity index (χ1v) is 10.4. The highest BCUT2D eigenvalue weighted by Gasteiger charge is 2.28. The molecule has 0 aliphatic heterocycles. The zero-order chi connectivity index (χ0) is 23.5. The minimum atomic E-state index is -1.17. The average molecular weight is 443 g/mol. The van der Waals surface area contributed by atoms with Crippen LogP contribution in [0.2, 0.25) is 0 Å². The molecule has 2 aromatic carbocycles. The Morgan fingerprint density at radius 2 is 1.62 bits per heavy atom. The molecule has 32 heavy (non-hydrogen) atoms. The Morgan fingerprint density at radius 3 is 2.25 bits per heavy atom. The maximum Gasteiger partial charge on any atom is 0.408 e. The van der Waals surface area contributed by atoms with Gasteiger partial charge in [-0.1, -0.05) is 56.3 Å². The van der Waals surface area contributed by atoms with Gasteiger partial charge in [0.05, 0.1) is 7.11 Å². The fourth-order valence-corrected chi connectivity index (χ4v) is 3.12. The van der Waals surface area contributed by atoms with Crippen molar-refractivity contribution < 1.29 is 29.0 Å². The number of carboxylic acid groups (broad SMARTS) is 1. The number of amides is 2. The molecule has 0 unspecified atom stereocenters. The minimum Gasteiger partial charge on any atom is -0.497 e. The molecule has 0 fully saturated rings. The SMILES string of the molecule is COc1cccc(C[C@H](NC(=O)[C@H](CC(C)C)NC(=O)OCc2ccccc2)C(=O)O)c1. The Hall–Kier alpha value is -3.55. The van der Waals surface area contributed by atoms with E-state index in [4.69, 9.17) is 9.47 Å². The second-order valence-corrected chi connectivity index (χ2v) is 7.84. The van der Waals surface area contributed by atoms with Crippen molar-refractivity contribution in [3.05, 3.63) is 65.7 Å². The van der Waals surface area contributed by atoms with Crippen molar-refractivity contribution in [3.8, 4) is 5.75 Å². The number of hydrogen-bond acceptors (Lipinski definition) is 5. The van der Waals surface area contributed by atoms with E-state index in [-0.39, 0.29) is 18.9 Å². The number of methoxy groups -OCH3 is 1. The molecule has 8 nitrogen and oxygen atoms in total. The maximum atomic E-state index is 12.8. The van der Waals surface area contributed by atoms with E-state index in [2.05, 4.69) is 10.6 Å². The minimum absolute atomic E-state index is 0.0658. The number of rotatable bonds is 11. The maximum absolute atomic E-state index is 12.8. The topological polar surface area (TPSA) is 114 Å². The number of alkyl carbamates (subject to hydrolysis) is 1. The van der Waals surface area contributed by atoms with Crippen LogP contribution in [0, 0.1) is 5.92 Å². The molecule has 2 aromatic rings. The molecule has 3 N–H and O–H groups in total. The molecule has 0 saturated heterocycles. The van der Waals surface area contributed by atoms with Crippen LogP contribution in [0.3, 0.4) is 0 Å². The third-order valence-electron chi connectivity index (χ3n) is 4.72. The first kappa shape index (κ1) is 24.7. The van der Waals surface area contributed by atoms with Gasteiger partial charge in [0.2, 0.25) is 5.91 Å². The summed E-state index contributed by atoms with van der Waals surface area (Å²) in [6.45, 7) is 3.88. The molecule has 172 valence electrons. The molecular weight excluding hydrogens is 412 g/mol. The number of nitrogens with one attached hydrogen (secondary N) is 2. The number of carbonyl (C=O) groups is 3. The van der Waals surface area contributed by atoms with Gasteiger partial charge in [-0.25, -0.2) is 9.59 Å². The number of ether oxygens (including phenoxy) is 2. The highest BCUT2D eigenvalue weighted by atomic mass is 16.5. The van der Waals surface area contributed by atoms with E-state index in [1.165, 1.54) is 7.11 Å². The summed E-state index contributed by atoms with van der Waals surface area (Å²) < 4.78 is 10.4. The fourth-order valence-electron chi connectivity index (χ4n) is 3.12. The van der Waals surface area contributed by atoms with Gasteiger partial charge >= 0.3 is 12.1 Å². The van der Waals surface area contributed by atoms with Crippen LogP contribution in [-0.2, 0) is 27.4 Å². The Labute approximate surface area is 187 Å². The van der Waals surface area contributed by atoms with Gasteiger partial charge in [-0.15, -0.1) is 0 Å². The lowest BCUT2D eigenvalue weighted by molar-refractivity contribution is -0.142. The normalized spacial score (nSPS) is 12.5. The van der Waals surface area contributed by atoms with E-state index >= 15 is 0 Å². The Balaban J connectivity index is 2.01. The van der Waals surface area contributed by atoms with E-state index in [0.29, 0.717) is 17.7 Å². The number of carbonyl (C=O) groups excluding carboxylic acids is 2. The van der Waals surface area contributed by atoms with Crippen LogP contribution < -0.4 is 15.4 Å². The van der Waals surface area contributed by atoms with Gasteiger partial charge in [0.25, 0.3) is 0 Å². The van der Waals surface area contributed by atoms with E-state index in [1.54, 1.807) is 24.3 Å². The van der Waals surface area contributed by atoms with Crippen LogP contribution in [0.5, 0.6) is 5.75 Å². The first-order chi connectivity index (χ1) is 15.3. The molecule has 0 aliphatic rings. The molecule has 2 amide bonds. The van der Waals surface area contributed by atoms with Gasteiger partial charge in [0, 0.05) is 6.42 Å². The Bertz CT molecular complexity index is 900. The summed E-state index contributed by atoms with van der Waals surface area (Å²) in [5.41, 5.74) is 1.52. The summed E-state index contributed by atoms with van der Waals surface area (Å²) in [5.74, 6) is -1.07. The van der Waals surface area contributed by atoms with Gasteiger partial charge < -0.3 is 25.2 Å². The van der Waals surface area contributed by atoms with E-state index < -0.39 is 30.1 Å². The van der Waals surface area contributed by atoms with Crippen LogP contribution in [0.1, 0.15) is 31.4 Å². The van der Waals surface area contributed by atoms with Crippen LogP contribution in [0.15, 0.2) is 54.6 Å². The Kier molecular flexibility index (Phi) is 9.53. The average Bonchev–Trinajstić information content (AvgIpc) is 2.77. The first-order valence-electron chi connectivity index (χ1n) is 10.4. The lowest BCUT2D eigenvalue weighted by atomic mass is 10.0. The Morgan fingerprint density at radius 1 is 0.938 bits per heavy atom. The van der Waals surface area contributed by atoms with E-state index in [1.807, 2.05) is 44.2 Å². The number of benzene rings is 2. The second kappa shape index (κ2) is 12.3. The van der Waals surface area contributed by atoms with E-state index in [9.17, 15) is 19.5 Å². The predicted molar refractivity (Wildman–Crippen MR) is 119 cm³/mol. The summed E-state index contributed by atoms with van der Waals surface area (Å²) in [6.07, 6.45) is -0.336. The van der Waals surface area contributed by atoms with Crippen molar-refractivity contribution in [2.75, 3.05) is 7.11 Å². The lowest BCUT2D eigenvalue weighted by Gasteiger charge is -2.22. The zero-order valence-corrected chi connectivity index (χ0v) is 18.5. The van der Waals surface area contributed by atoms with Gasteiger partial charge in [0.1, 0.15) is 24.4 Å². The highest BCUT2D eigenvalue weighted by Crippen LogP contribution is 2.15. The van der Waals surface area contributed by atoms with Crippen molar-refractivity contribution in [1.82, 2.24) is 10.6 Å². The standard InChI is InChI=1S/C24H30N2O6/c1-16(2)12-20(26-24(30)32-15-17-8-5-4-6-9-17)22(27)25-21(23(28)29)14-18-10-7-11-19(13-18)31-3/h4-11,13,16,20-21H,12,14-15H2,1-3H3,(H,25,27)(H,26,30)(H,28,29)/t20-,21-/m0/s1. The molecule has 8 heteroatoms. The molecule has 0 radical (unpaired) electrons. The fraction of sp³-hybridized carbons (Fsp3) is 0.375. The molecule has 0 saturated carbocycles. The summed E-state index contributed by atoms with van der Waals surface area (Å²) in [5, 5.41) is 14.7. The van der Waals surface area contributed by atoms with Crippen molar-refractivity contribution >= 4 is 18.0 Å². The predicted octanol–water partition coefficient (Wildman–Crippen LogP) is 3.15. The van der Waals surface area contributed by atoms with Gasteiger partial charge in [-0.3, -0.25) is 4.79 Å². The van der Waals surface area contributed by atoms with Crippen molar-refractivity contribution in [2.24, 2.45) is 5.92 Å². The van der Waals surface area contributed by atoms with Crippen molar-refractivity contribution in [1.29, 1.82) is 0 Å². The van der Waals surface area contributed by atoms with Gasteiger partial charge in [-0.2, -0.15) is 0 Å². The largest absolute Gasteiger partial charge is 0.497 e. The number of carboxylic acids is 1. The summed E-state index contributed by atoms with van der Waals surface area (Å²) >= 11 is 0. The van der Waals surface area contributed by atoms with Crippen LogP contribution in [0.25, 0.3) is 0 Å². The van der Waals surface area contributed by atoms with Gasteiger partial charge in [-0.05, 0) is 35.6 Å². The third-order valence-corrected chi connectivity index (χ3v) is 4.72. The smallest absolute Gasteiger partial charge is 0.408 e. The lowest BCUT2D eigenvalue weighted by Crippen LogP contribution is -2.52. The highest BCUT2D eigenvalue weighted by molar-refractivity contribution is 5.89. The molecule has 2 atom stereocenters.